The molecule has 4 heteroatoms. The lowest BCUT2D eigenvalue weighted by molar-refractivity contribution is -0.142. The molecule has 0 aromatic heterocycles. The highest BCUT2D eigenvalue weighted by atomic mass is 16.5. The summed E-state index contributed by atoms with van der Waals surface area (Å²) >= 11 is 0. The minimum Gasteiger partial charge on any atom is -0.463 e. The molecule has 0 bridgehead atoms. The molecule has 0 spiro atoms. The lowest BCUT2D eigenvalue weighted by Gasteiger charge is -2.03. The van der Waals surface area contributed by atoms with Crippen molar-refractivity contribution in [2.75, 3.05) is 6.61 Å². The van der Waals surface area contributed by atoms with Crippen molar-refractivity contribution >= 4 is 11.9 Å². The zero-order valence-electron chi connectivity index (χ0n) is 8.07. The third-order valence-corrected chi connectivity index (χ3v) is 0.994. The Bertz CT molecular complexity index is 206. The van der Waals surface area contributed by atoms with Gasteiger partial charge in [-0.2, -0.15) is 0 Å². The van der Waals surface area contributed by atoms with Gasteiger partial charge < -0.3 is 9.47 Å². The van der Waals surface area contributed by atoms with Crippen LogP contribution >= 0.6 is 0 Å². The van der Waals surface area contributed by atoms with E-state index in [9.17, 15) is 9.59 Å². The molecule has 0 heterocycles. The van der Waals surface area contributed by atoms with Gasteiger partial charge in [-0.3, -0.25) is 0 Å². The number of ether oxygens (including phenoxy) is 2. The average Bonchev–Trinajstić information content (AvgIpc) is 2.00. The maximum absolute atomic E-state index is 10.8. The van der Waals surface area contributed by atoms with E-state index in [4.69, 9.17) is 4.74 Å². The van der Waals surface area contributed by atoms with E-state index in [1.165, 1.54) is 0 Å². The van der Waals surface area contributed by atoms with Crippen LogP contribution in [0.15, 0.2) is 12.2 Å². The number of rotatable bonds is 4. The molecule has 0 atom stereocenters. The Morgan fingerprint density at radius 3 is 2.23 bits per heavy atom. The van der Waals surface area contributed by atoms with Crippen molar-refractivity contribution in [3.05, 3.63) is 12.2 Å². The van der Waals surface area contributed by atoms with Crippen molar-refractivity contribution in [1.82, 2.24) is 0 Å². The van der Waals surface area contributed by atoms with Gasteiger partial charge in [-0.25, -0.2) is 9.59 Å². The van der Waals surface area contributed by atoms with E-state index in [1.807, 2.05) is 0 Å². The SMILES string of the molecule is CCOC(=O)C=CC(=O)OC(C)C. The Hall–Kier alpha value is -1.32. The second kappa shape index (κ2) is 6.22. The summed E-state index contributed by atoms with van der Waals surface area (Å²) in [4.78, 5) is 21.6. The minimum absolute atomic E-state index is 0.181. The number of hydrogen-bond donors (Lipinski definition) is 0. The molecule has 0 fully saturated rings. The summed E-state index contributed by atoms with van der Waals surface area (Å²) in [6.07, 6.45) is 1.92. The van der Waals surface area contributed by atoms with E-state index in [1.54, 1.807) is 20.8 Å². The minimum atomic E-state index is -0.539. The molecular weight excluding hydrogens is 172 g/mol. The van der Waals surface area contributed by atoms with Gasteiger partial charge in [0.1, 0.15) is 0 Å². The van der Waals surface area contributed by atoms with Gasteiger partial charge in [0.2, 0.25) is 0 Å². The van der Waals surface area contributed by atoms with Gasteiger partial charge >= 0.3 is 11.9 Å². The zero-order chi connectivity index (χ0) is 10.3. The van der Waals surface area contributed by atoms with Crippen LogP contribution in [0, 0.1) is 0 Å². The van der Waals surface area contributed by atoms with Gasteiger partial charge in [-0.1, -0.05) is 0 Å². The van der Waals surface area contributed by atoms with Crippen molar-refractivity contribution in [3.8, 4) is 0 Å². The van der Waals surface area contributed by atoms with E-state index in [0.29, 0.717) is 6.61 Å². The summed E-state index contributed by atoms with van der Waals surface area (Å²) in [5.74, 6) is -1.08. The number of carbonyl (C=O) groups is 2. The molecule has 0 radical (unpaired) electrons. The first-order valence-electron chi connectivity index (χ1n) is 4.11. The quantitative estimate of drug-likeness (QED) is 0.486. The number of carbonyl (C=O) groups excluding carboxylic acids is 2. The van der Waals surface area contributed by atoms with Crippen LogP contribution in [-0.4, -0.2) is 24.6 Å². The summed E-state index contributed by atoms with van der Waals surface area (Å²) in [5, 5.41) is 0. The van der Waals surface area contributed by atoms with E-state index >= 15 is 0 Å². The molecule has 0 unspecified atom stereocenters. The molecule has 74 valence electrons. The van der Waals surface area contributed by atoms with Crippen LogP contribution in [0.25, 0.3) is 0 Å². The molecular formula is C9H14O4. The van der Waals surface area contributed by atoms with Crippen molar-refractivity contribution < 1.29 is 19.1 Å². The summed E-state index contributed by atoms with van der Waals surface area (Å²) in [6.45, 7) is 5.45. The van der Waals surface area contributed by atoms with E-state index in [2.05, 4.69) is 4.74 Å². The molecule has 0 aliphatic rings. The van der Waals surface area contributed by atoms with Crippen molar-refractivity contribution in [1.29, 1.82) is 0 Å². The maximum Gasteiger partial charge on any atom is 0.331 e. The lowest BCUT2D eigenvalue weighted by atomic mass is 10.4. The Kier molecular flexibility index (Phi) is 5.59. The van der Waals surface area contributed by atoms with Crippen LogP contribution in [0.3, 0.4) is 0 Å². The molecule has 0 saturated heterocycles. The molecule has 0 rings (SSSR count). The van der Waals surface area contributed by atoms with E-state index in [-0.39, 0.29) is 6.10 Å². The van der Waals surface area contributed by atoms with Crippen molar-refractivity contribution in [3.63, 3.8) is 0 Å². The van der Waals surface area contributed by atoms with Crippen LogP contribution in [0.5, 0.6) is 0 Å². The second-order valence-corrected chi connectivity index (χ2v) is 2.57. The standard InChI is InChI=1S/C9H14O4/c1-4-12-8(10)5-6-9(11)13-7(2)3/h5-7H,4H2,1-3H3. The number of hydrogen-bond acceptors (Lipinski definition) is 4. The smallest absolute Gasteiger partial charge is 0.331 e. The molecule has 0 aliphatic carbocycles. The van der Waals surface area contributed by atoms with Crippen molar-refractivity contribution in [2.24, 2.45) is 0 Å². The fourth-order valence-electron chi connectivity index (χ4n) is 0.598. The highest BCUT2D eigenvalue weighted by Crippen LogP contribution is 1.90. The Morgan fingerprint density at radius 2 is 1.77 bits per heavy atom. The van der Waals surface area contributed by atoms with Gasteiger partial charge in [-0.15, -0.1) is 0 Å². The van der Waals surface area contributed by atoms with Gasteiger partial charge in [0.25, 0.3) is 0 Å². The molecule has 0 aromatic rings. The molecule has 0 aliphatic heterocycles. The summed E-state index contributed by atoms with van der Waals surface area (Å²) < 4.78 is 9.31. The second-order valence-electron chi connectivity index (χ2n) is 2.57. The molecule has 13 heavy (non-hydrogen) atoms. The largest absolute Gasteiger partial charge is 0.463 e. The summed E-state index contributed by atoms with van der Waals surface area (Å²) in [5.41, 5.74) is 0. The summed E-state index contributed by atoms with van der Waals surface area (Å²) in [6, 6.07) is 0. The molecule has 4 nitrogen and oxygen atoms in total. The Balaban J connectivity index is 3.83. The topological polar surface area (TPSA) is 52.6 Å². The first-order chi connectivity index (χ1) is 6.06. The van der Waals surface area contributed by atoms with E-state index < -0.39 is 11.9 Å². The molecule has 0 N–H and O–H groups in total. The van der Waals surface area contributed by atoms with Crippen LogP contribution in [-0.2, 0) is 19.1 Å². The fourth-order valence-corrected chi connectivity index (χ4v) is 0.598. The summed E-state index contributed by atoms with van der Waals surface area (Å²) in [7, 11) is 0. The van der Waals surface area contributed by atoms with Crippen LogP contribution in [0.1, 0.15) is 20.8 Å². The van der Waals surface area contributed by atoms with Gasteiger partial charge in [0.15, 0.2) is 0 Å². The van der Waals surface area contributed by atoms with Gasteiger partial charge in [0, 0.05) is 12.2 Å². The van der Waals surface area contributed by atoms with Gasteiger partial charge in [0.05, 0.1) is 12.7 Å². The predicted molar refractivity (Wildman–Crippen MR) is 47.0 cm³/mol. The third-order valence-electron chi connectivity index (χ3n) is 0.994. The Labute approximate surface area is 77.5 Å². The maximum atomic E-state index is 10.8. The third kappa shape index (κ3) is 7.05. The first kappa shape index (κ1) is 11.7. The predicted octanol–water partition coefficient (Wildman–Crippen LogP) is 1.06. The highest BCUT2D eigenvalue weighted by Gasteiger charge is 2.01. The van der Waals surface area contributed by atoms with Gasteiger partial charge in [-0.05, 0) is 20.8 Å². The Morgan fingerprint density at radius 1 is 1.23 bits per heavy atom. The van der Waals surface area contributed by atoms with Crippen LogP contribution in [0.2, 0.25) is 0 Å². The monoisotopic (exact) mass is 186 g/mol. The zero-order valence-corrected chi connectivity index (χ0v) is 8.07. The molecule has 0 saturated carbocycles. The average molecular weight is 186 g/mol. The van der Waals surface area contributed by atoms with E-state index in [0.717, 1.165) is 12.2 Å². The normalized spacial score (nSPS) is 10.5. The fraction of sp³-hybridized carbons (Fsp3) is 0.556. The molecule has 0 amide bonds. The lowest BCUT2D eigenvalue weighted by Crippen LogP contribution is -2.09. The van der Waals surface area contributed by atoms with Crippen molar-refractivity contribution in [2.45, 2.75) is 26.9 Å². The van der Waals surface area contributed by atoms with Crippen LogP contribution in [0.4, 0.5) is 0 Å². The first-order valence-corrected chi connectivity index (χ1v) is 4.11. The number of esters is 2. The highest BCUT2D eigenvalue weighted by molar-refractivity contribution is 5.91. The molecule has 0 aromatic carbocycles. The van der Waals surface area contributed by atoms with Crippen LogP contribution < -0.4 is 0 Å².